The molecule has 1 fully saturated rings. The fraction of sp³-hybridized carbons (Fsp3) is 0.250. The van der Waals surface area contributed by atoms with Crippen LogP contribution in [0.2, 0.25) is 0 Å². The van der Waals surface area contributed by atoms with E-state index in [-0.39, 0.29) is 0 Å². The number of fused-ring (bicyclic) bond motifs is 1. The van der Waals surface area contributed by atoms with Gasteiger partial charge in [0.2, 0.25) is 5.91 Å². The molecule has 4 nitrogen and oxygen atoms in total. The summed E-state index contributed by atoms with van der Waals surface area (Å²) in [6, 6.07) is 11.9. The highest BCUT2D eigenvalue weighted by Gasteiger charge is 2.29. The number of hydrogen-bond donors (Lipinski definition) is 2. The number of rotatable bonds is 4. The van der Waals surface area contributed by atoms with E-state index < -0.39 is 17.6 Å². The summed E-state index contributed by atoms with van der Waals surface area (Å²) in [6.45, 7) is 0. The first-order chi connectivity index (χ1) is 14.8. The Labute approximate surface area is 178 Å². The number of pyridine rings is 1. The molecule has 2 aromatic carbocycles. The number of benzene rings is 2. The van der Waals surface area contributed by atoms with Gasteiger partial charge in [0.25, 0.3) is 0 Å². The normalized spacial score (nSPS) is 15.1. The SMILES string of the molecule is Nc1cc(C2CCCC2)nc2ccc(NC(=O)C=Cc3ccc(C(F)(F)F)cc3)cc12. The third-order valence-electron chi connectivity index (χ3n) is 5.57. The van der Waals surface area contributed by atoms with Crippen molar-refractivity contribution in [3.05, 3.63) is 71.4 Å². The standard InChI is InChI=1S/C24H22F3N3O/c25-24(26,27)17-8-5-15(6-9-17)7-12-23(31)29-18-10-11-21-19(13-18)20(28)14-22(30-21)16-3-1-2-4-16/h5-14,16H,1-4H2,(H2,28,30)(H,29,31). The molecule has 31 heavy (non-hydrogen) atoms. The van der Waals surface area contributed by atoms with E-state index in [0.717, 1.165) is 41.6 Å². The highest BCUT2D eigenvalue weighted by molar-refractivity contribution is 6.03. The Morgan fingerprint density at radius 2 is 1.77 bits per heavy atom. The second kappa shape index (κ2) is 8.41. The van der Waals surface area contributed by atoms with Gasteiger partial charge in [-0.15, -0.1) is 0 Å². The summed E-state index contributed by atoms with van der Waals surface area (Å²) in [5.74, 6) is 0.0646. The van der Waals surface area contributed by atoms with Gasteiger partial charge >= 0.3 is 6.18 Å². The number of carbonyl (C=O) groups excluding carboxylic acids is 1. The number of nitrogens with one attached hydrogen (secondary N) is 1. The zero-order chi connectivity index (χ0) is 22.0. The molecular weight excluding hydrogens is 403 g/mol. The summed E-state index contributed by atoms with van der Waals surface area (Å²) in [6.07, 6.45) is 3.06. The monoisotopic (exact) mass is 425 g/mol. The molecule has 1 aromatic heterocycles. The molecule has 160 valence electrons. The zero-order valence-corrected chi connectivity index (χ0v) is 16.7. The molecule has 0 unspecified atom stereocenters. The molecule has 7 heteroatoms. The Hall–Kier alpha value is -3.35. The fourth-order valence-electron chi connectivity index (χ4n) is 3.92. The van der Waals surface area contributed by atoms with Gasteiger partial charge < -0.3 is 11.1 Å². The van der Waals surface area contributed by atoms with Gasteiger partial charge in [0.1, 0.15) is 0 Å². The number of anilines is 2. The summed E-state index contributed by atoms with van der Waals surface area (Å²) < 4.78 is 37.9. The van der Waals surface area contributed by atoms with Crippen molar-refractivity contribution in [2.45, 2.75) is 37.8 Å². The molecule has 1 aliphatic rings. The Morgan fingerprint density at radius 1 is 1.06 bits per heavy atom. The van der Waals surface area contributed by atoms with Gasteiger partial charge in [0.05, 0.1) is 11.1 Å². The first-order valence-electron chi connectivity index (χ1n) is 10.2. The molecule has 4 rings (SSSR count). The van der Waals surface area contributed by atoms with Gasteiger partial charge in [-0.1, -0.05) is 25.0 Å². The highest BCUT2D eigenvalue weighted by atomic mass is 19.4. The number of carbonyl (C=O) groups is 1. The van der Waals surface area contributed by atoms with Gasteiger partial charge in [-0.2, -0.15) is 13.2 Å². The van der Waals surface area contributed by atoms with Crippen LogP contribution in [0.3, 0.4) is 0 Å². The maximum absolute atomic E-state index is 12.6. The van der Waals surface area contributed by atoms with Crippen LogP contribution in [0.4, 0.5) is 24.5 Å². The molecule has 1 aliphatic carbocycles. The molecule has 1 saturated carbocycles. The molecule has 0 radical (unpaired) electrons. The van der Waals surface area contributed by atoms with Crippen molar-refractivity contribution < 1.29 is 18.0 Å². The summed E-state index contributed by atoms with van der Waals surface area (Å²) >= 11 is 0. The molecule has 1 amide bonds. The van der Waals surface area contributed by atoms with Crippen LogP contribution in [-0.2, 0) is 11.0 Å². The number of aromatic nitrogens is 1. The first-order valence-corrected chi connectivity index (χ1v) is 10.2. The Kier molecular flexibility index (Phi) is 5.67. The number of amides is 1. The lowest BCUT2D eigenvalue weighted by Gasteiger charge is -2.12. The van der Waals surface area contributed by atoms with Crippen molar-refractivity contribution in [1.29, 1.82) is 0 Å². The van der Waals surface area contributed by atoms with Crippen molar-refractivity contribution in [3.63, 3.8) is 0 Å². The Balaban J connectivity index is 1.46. The van der Waals surface area contributed by atoms with Crippen molar-refractivity contribution >= 4 is 34.3 Å². The van der Waals surface area contributed by atoms with E-state index in [4.69, 9.17) is 10.7 Å². The molecule has 0 saturated heterocycles. The minimum absolute atomic E-state index is 0.395. The number of alkyl halides is 3. The number of hydrogen-bond acceptors (Lipinski definition) is 3. The predicted octanol–water partition coefficient (Wildman–Crippen LogP) is 6.15. The van der Waals surface area contributed by atoms with E-state index in [2.05, 4.69) is 5.32 Å². The molecule has 0 aliphatic heterocycles. The fourth-order valence-corrected chi connectivity index (χ4v) is 3.92. The molecule has 0 atom stereocenters. The Morgan fingerprint density at radius 3 is 2.45 bits per heavy atom. The lowest BCUT2D eigenvalue weighted by molar-refractivity contribution is -0.137. The minimum Gasteiger partial charge on any atom is -0.398 e. The van der Waals surface area contributed by atoms with Gasteiger partial charge in [0.15, 0.2) is 0 Å². The number of nitrogen functional groups attached to an aromatic ring is 1. The molecule has 1 heterocycles. The van der Waals surface area contributed by atoms with Gasteiger partial charge in [-0.05, 0) is 60.9 Å². The summed E-state index contributed by atoms with van der Waals surface area (Å²) in [4.78, 5) is 17.0. The average molecular weight is 425 g/mol. The van der Waals surface area contributed by atoms with Crippen LogP contribution in [0.15, 0.2) is 54.6 Å². The van der Waals surface area contributed by atoms with E-state index in [1.807, 2.05) is 12.1 Å². The maximum atomic E-state index is 12.6. The number of nitrogens with zero attached hydrogens (tertiary/aromatic N) is 1. The summed E-state index contributed by atoms with van der Waals surface area (Å²) in [5.41, 5.74) is 9.03. The van der Waals surface area contributed by atoms with Crippen LogP contribution in [0.25, 0.3) is 17.0 Å². The second-order valence-corrected chi connectivity index (χ2v) is 7.79. The molecule has 0 bridgehead atoms. The lowest BCUT2D eigenvalue weighted by Crippen LogP contribution is -2.08. The van der Waals surface area contributed by atoms with E-state index in [9.17, 15) is 18.0 Å². The van der Waals surface area contributed by atoms with Crippen molar-refractivity contribution in [1.82, 2.24) is 4.98 Å². The van der Waals surface area contributed by atoms with Crippen LogP contribution in [0.1, 0.15) is 48.4 Å². The largest absolute Gasteiger partial charge is 0.416 e. The van der Waals surface area contributed by atoms with Gasteiger partial charge in [-0.25, -0.2) is 0 Å². The summed E-state index contributed by atoms with van der Waals surface area (Å²) in [5, 5.41) is 3.52. The van der Waals surface area contributed by atoms with Crippen LogP contribution < -0.4 is 11.1 Å². The lowest BCUT2D eigenvalue weighted by atomic mass is 10.0. The van der Waals surface area contributed by atoms with Crippen molar-refractivity contribution in [2.75, 3.05) is 11.1 Å². The summed E-state index contributed by atoms with van der Waals surface area (Å²) in [7, 11) is 0. The molecule has 3 N–H and O–H groups in total. The van der Waals surface area contributed by atoms with Crippen LogP contribution in [0.5, 0.6) is 0 Å². The van der Waals surface area contributed by atoms with E-state index >= 15 is 0 Å². The number of halogens is 3. The second-order valence-electron chi connectivity index (χ2n) is 7.79. The topological polar surface area (TPSA) is 68.0 Å². The average Bonchev–Trinajstić information content (AvgIpc) is 3.27. The van der Waals surface area contributed by atoms with Gasteiger partial charge in [0, 0.05) is 34.4 Å². The third-order valence-corrected chi connectivity index (χ3v) is 5.57. The van der Waals surface area contributed by atoms with E-state index in [0.29, 0.717) is 22.9 Å². The van der Waals surface area contributed by atoms with E-state index in [1.165, 1.54) is 37.1 Å². The van der Waals surface area contributed by atoms with Crippen LogP contribution in [0, 0.1) is 0 Å². The first kappa shape index (κ1) is 20.9. The highest BCUT2D eigenvalue weighted by Crippen LogP contribution is 2.35. The quantitative estimate of drug-likeness (QED) is 0.493. The van der Waals surface area contributed by atoms with Crippen LogP contribution >= 0.6 is 0 Å². The van der Waals surface area contributed by atoms with Crippen molar-refractivity contribution in [2.24, 2.45) is 0 Å². The van der Waals surface area contributed by atoms with E-state index in [1.54, 1.807) is 12.1 Å². The Bertz CT molecular complexity index is 1130. The zero-order valence-electron chi connectivity index (χ0n) is 16.7. The minimum atomic E-state index is -4.38. The van der Waals surface area contributed by atoms with Crippen LogP contribution in [-0.4, -0.2) is 10.9 Å². The molecular formula is C24H22F3N3O. The molecule has 3 aromatic rings. The predicted molar refractivity (Wildman–Crippen MR) is 116 cm³/mol. The third kappa shape index (κ3) is 4.87. The number of nitrogens with two attached hydrogens (primary N) is 1. The maximum Gasteiger partial charge on any atom is 0.416 e. The smallest absolute Gasteiger partial charge is 0.398 e. The van der Waals surface area contributed by atoms with Crippen molar-refractivity contribution in [3.8, 4) is 0 Å². The molecule has 0 spiro atoms. The van der Waals surface area contributed by atoms with Gasteiger partial charge in [-0.3, -0.25) is 9.78 Å².